The minimum atomic E-state index is -1.63. The number of likely N-dealkylation sites (N-methyl/N-ethyl adjacent to an activating group) is 1. The Balaban J connectivity index is 1.91. The van der Waals surface area contributed by atoms with Gasteiger partial charge in [-0.1, -0.05) is 24.3 Å². The Morgan fingerprint density at radius 3 is 2.54 bits per heavy atom. The highest BCUT2D eigenvalue weighted by atomic mass is 16.5. The smallest absolute Gasteiger partial charge is 0.339 e. The third-order valence-electron chi connectivity index (χ3n) is 7.42. The number of esters is 1. The molecule has 3 aliphatic rings. The molecular weight excluding hydrogens is 442 g/mol. The van der Waals surface area contributed by atoms with Crippen LogP contribution in [0.15, 0.2) is 65.1 Å². The van der Waals surface area contributed by atoms with Crippen molar-refractivity contribution in [1.29, 1.82) is 0 Å². The summed E-state index contributed by atoms with van der Waals surface area (Å²) in [6, 6.07) is 13.2. The lowest BCUT2D eigenvalue weighted by atomic mass is 9.63. The number of benzene rings is 2. The number of carbonyl (C=O) groups is 3. The van der Waals surface area contributed by atoms with Gasteiger partial charge >= 0.3 is 5.97 Å². The fourth-order valence-corrected chi connectivity index (χ4v) is 5.71. The van der Waals surface area contributed by atoms with Gasteiger partial charge in [0.1, 0.15) is 16.8 Å². The first-order valence-corrected chi connectivity index (χ1v) is 11.9. The standard InChI is InChI=1S/C28H29N3O4/c1-5-35-26(33)24-25(29)31(18-14-13-16(2)17(3)15-18)21-11-8-12-22(32)23(21)28(24)19-9-6-7-10-20(19)30(4)27(28)34/h6-7,9-10,13-15H,5,8,11-12,29H2,1-4H3. The minimum Gasteiger partial charge on any atom is -0.462 e. The summed E-state index contributed by atoms with van der Waals surface area (Å²) in [7, 11) is 1.66. The molecule has 0 fully saturated rings. The monoisotopic (exact) mass is 471 g/mol. The Bertz CT molecular complexity index is 1360. The number of hydrogen-bond acceptors (Lipinski definition) is 6. The molecule has 0 radical (unpaired) electrons. The SMILES string of the molecule is CCOC(=O)C1=C(N)N(c2ccc(C)c(C)c2)C2=C(C(=O)CCC2)C12C(=O)N(C)c1ccccc12. The zero-order valence-corrected chi connectivity index (χ0v) is 20.5. The molecule has 1 unspecified atom stereocenters. The molecule has 2 aromatic carbocycles. The van der Waals surface area contributed by atoms with E-state index in [4.69, 9.17) is 10.5 Å². The summed E-state index contributed by atoms with van der Waals surface area (Å²) >= 11 is 0. The number of allylic oxidation sites excluding steroid dienone is 1. The number of hydrogen-bond donors (Lipinski definition) is 1. The highest BCUT2D eigenvalue weighted by Gasteiger charge is 2.63. The average molecular weight is 472 g/mol. The second kappa shape index (κ2) is 8.12. The zero-order valence-electron chi connectivity index (χ0n) is 20.5. The number of para-hydroxylation sites is 1. The van der Waals surface area contributed by atoms with Gasteiger partial charge < -0.3 is 15.4 Å². The molecule has 1 atom stereocenters. The van der Waals surface area contributed by atoms with Crippen LogP contribution in [0.4, 0.5) is 11.4 Å². The van der Waals surface area contributed by atoms with Crippen LogP contribution in [0.3, 0.4) is 0 Å². The Labute approximate surface area is 204 Å². The summed E-state index contributed by atoms with van der Waals surface area (Å²) in [6.07, 6.45) is 1.50. The van der Waals surface area contributed by atoms with Crippen molar-refractivity contribution in [2.45, 2.75) is 45.4 Å². The van der Waals surface area contributed by atoms with Crippen LogP contribution in [0, 0.1) is 13.8 Å². The van der Waals surface area contributed by atoms with Crippen molar-refractivity contribution in [2.75, 3.05) is 23.5 Å². The van der Waals surface area contributed by atoms with E-state index >= 15 is 0 Å². The first-order chi connectivity index (χ1) is 16.7. The number of Topliss-reactive ketones (excluding diaryl/α,β-unsaturated/α-hetero) is 1. The Kier molecular flexibility index (Phi) is 5.31. The highest BCUT2D eigenvalue weighted by Crippen LogP contribution is 2.56. The Morgan fingerprint density at radius 1 is 1.09 bits per heavy atom. The van der Waals surface area contributed by atoms with Crippen LogP contribution in [-0.2, 0) is 24.5 Å². The molecule has 0 saturated heterocycles. The molecule has 1 aliphatic carbocycles. The van der Waals surface area contributed by atoms with Gasteiger partial charge in [0.25, 0.3) is 0 Å². The number of fused-ring (bicyclic) bond motifs is 3. The van der Waals surface area contributed by atoms with E-state index in [0.29, 0.717) is 41.8 Å². The molecule has 2 aliphatic heterocycles. The number of nitrogens with two attached hydrogens (primary N) is 1. The van der Waals surface area contributed by atoms with E-state index in [2.05, 4.69) is 0 Å². The molecule has 7 heteroatoms. The fraction of sp³-hybridized carbons (Fsp3) is 0.321. The van der Waals surface area contributed by atoms with Crippen molar-refractivity contribution in [3.63, 3.8) is 0 Å². The van der Waals surface area contributed by atoms with E-state index in [-0.39, 0.29) is 29.7 Å². The lowest BCUT2D eigenvalue weighted by Crippen LogP contribution is -2.54. The van der Waals surface area contributed by atoms with Crippen LogP contribution in [0.25, 0.3) is 0 Å². The number of rotatable bonds is 3. The highest BCUT2D eigenvalue weighted by molar-refractivity contribution is 6.24. The van der Waals surface area contributed by atoms with Gasteiger partial charge in [0.15, 0.2) is 5.78 Å². The molecule has 1 spiro atoms. The zero-order chi connectivity index (χ0) is 25.1. The van der Waals surface area contributed by atoms with Crippen molar-refractivity contribution < 1.29 is 19.1 Å². The maximum Gasteiger partial charge on any atom is 0.339 e. The molecule has 2 heterocycles. The number of ether oxygens (including phenoxy) is 1. The number of nitrogens with zero attached hydrogens (tertiary/aromatic N) is 2. The van der Waals surface area contributed by atoms with E-state index in [1.807, 2.05) is 50.2 Å². The normalized spacial score (nSPS) is 21.6. The maximum absolute atomic E-state index is 14.2. The second-order valence-electron chi connectivity index (χ2n) is 9.31. The Morgan fingerprint density at radius 2 is 1.83 bits per heavy atom. The van der Waals surface area contributed by atoms with Crippen molar-refractivity contribution in [1.82, 2.24) is 0 Å². The van der Waals surface area contributed by atoms with E-state index in [1.54, 1.807) is 24.9 Å². The molecule has 2 N–H and O–H groups in total. The van der Waals surface area contributed by atoms with Crippen LogP contribution >= 0.6 is 0 Å². The molecule has 1 amide bonds. The van der Waals surface area contributed by atoms with Gasteiger partial charge in [-0.25, -0.2) is 4.79 Å². The van der Waals surface area contributed by atoms with E-state index in [1.165, 1.54) is 4.90 Å². The quantitative estimate of drug-likeness (QED) is 0.685. The largest absolute Gasteiger partial charge is 0.462 e. The molecule has 180 valence electrons. The number of amides is 1. The third-order valence-corrected chi connectivity index (χ3v) is 7.42. The van der Waals surface area contributed by atoms with Gasteiger partial charge in [-0.05, 0) is 62.9 Å². The first-order valence-electron chi connectivity index (χ1n) is 11.9. The summed E-state index contributed by atoms with van der Waals surface area (Å²) in [5.74, 6) is -1.08. The number of aryl methyl sites for hydroxylation is 2. The molecule has 0 saturated carbocycles. The summed E-state index contributed by atoms with van der Waals surface area (Å²) < 4.78 is 5.47. The molecule has 2 aromatic rings. The van der Waals surface area contributed by atoms with Gasteiger partial charge in [-0.2, -0.15) is 0 Å². The number of carbonyl (C=O) groups excluding carboxylic acids is 3. The Hall–Kier alpha value is -3.87. The number of ketones is 1. The van der Waals surface area contributed by atoms with Gasteiger partial charge in [0.05, 0.1) is 6.61 Å². The van der Waals surface area contributed by atoms with Crippen LogP contribution < -0.4 is 15.5 Å². The molecule has 0 aromatic heterocycles. The van der Waals surface area contributed by atoms with Gasteiger partial charge in [-0.15, -0.1) is 0 Å². The third kappa shape index (κ3) is 3.00. The van der Waals surface area contributed by atoms with Crippen molar-refractivity contribution in [3.8, 4) is 0 Å². The summed E-state index contributed by atoms with van der Waals surface area (Å²) in [4.78, 5) is 44.8. The van der Waals surface area contributed by atoms with Crippen molar-refractivity contribution in [2.24, 2.45) is 5.73 Å². The predicted octanol–water partition coefficient (Wildman–Crippen LogP) is 3.78. The van der Waals surface area contributed by atoms with Gasteiger partial charge in [-0.3, -0.25) is 14.5 Å². The summed E-state index contributed by atoms with van der Waals surface area (Å²) in [5.41, 5.74) is 10.4. The van der Waals surface area contributed by atoms with Gasteiger partial charge in [0, 0.05) is 41.7 Å². The molecule has 0 bridgehead atoms. The number of anilines is 2. The predicted molar refractivity (Wildman–Crippen MR) is 134 cm³/mol. The molecule has 7 nitrogen and oxygen atoms in total. The first kappa shape index (κ1) is 22.9. The molecular formula is C28H29N3O4. The second-order valence-corrected chi connectivity index (χ2v) is 9.31. The van der Waals surface area contributed by atoms with E-state index in [0.717, 1.165) is 16.8 Å². The lowest BCUT2D eigenvalue weighted by molar-refractivity contribution is -0.140. The van der Waals surface area contributed by atoms with E-state index in [9.17, 15) is 14.4 Å². The van der Waals surface area contributed by atoms with Crippen LogP contribution in [0.1, 0.15) is 42.9 Å². The lowest BCUT2D eigenvalue weighted by Gasteiger charge is -2.44. The van der Waals surface area contributed by atoms with E-state index < -0.39 is 11.4 Å². The average Bonchev–Trinajstić information content (AvgIpc) is 3.04. The summed E-state index contributed by atoms with van der Waals surface area (Å²) in [6.45, 7) is 5.84. The fourth-order valence-electron chi connectivity index (χ4n) is 5.71. The molecule has 35 heavy (non-hydrogen) atoms. The van der Waals surface area contributed by atoms with Crippen LogP contribution in [0.2, 0.25) is 0 Å². The van der Waals surface area contributed by atoms with Crippen LogP contribution in [-0.4, -0.2) is 31.3 Å². The molecule has 5 rings (SSSR count). The topological polar surface area (TPSA) is 92.9 Å². The van der Waals surface area contributed by atoms with Crippen LogP contribution in [0.5, 0.6) is 0 Å². The van der Waals surface area contributed by atoms with Crippen molar-refractivity contribution >= 4 is 29.0 Å². The van der Waals surface area contributed by atoms with Gasteiger partial charge in [0.2, 0.25) is 5.91 Å². The maximum atomic E-state index is 14.2. The van der Waals surface area contributed by atoms with Crippen molar-refractivity contribution in [3.05, 3.63) is 81.8 Å². The minimum absolute atomic E-state index is 0.00776. The summed E-state index contributed by atoms with van der Waals surface area (Å²) in [5, 5.41) is 0.